The molecule has 1 aromatic rings. The molecule has 1 nitrogen and oxygen atoms in total. The largest absolute Gasteiger partial charge is 0.416 e. The van der Waals surface area contributed by atoms with Gasteiger partial charge in [-0.15, -0.1) is 0 Å². The van der Waals surface area contributed by atoms with Crippen molar-refractivity contribution in [3.8, 4) is 0 Å². The number of hydrogen-bond acceptors (Lipinski definition) is 1. The van der Waals surface area contributed by atoms with E-state index in [9.17, 15) is 13.2 Å². The summed E-state index contributed by atoms with van der Waals surface area (Å²) in [7, 11) is 0. The van der Waals surface area contributed by atoms with E-state index in [1.165, 1.54) is 12.5 Å². The Morgan fingerprint density at radius 2 is 1.90 bits per heavy atom. The van der Waals surface area contributed by atoms with Crippen LogP contribution >= 0.6 is 11.6 Å². The lowest BCUT2D eigenvalue weighted by Gasteiger charge is -2.34. The van der Waals surface area contributed by atoms with E-state index in [1.54, 1.807) is 0 Å². The zero-order chi connectivity index (χ0) is 14.9. The summed E-state index contributed by atoms with van der Waals surface area (Å²) in [4.78, 5) is 0. The third kappa shape index (κ3) is 3.60. The summed E-state index contributed by atoms with van der Waals surface area (Å²) >= 11 is 5.98. The maximum atomic E-state index is 12.6. The highest BCUT2D eigenvalue weighted by atomic mass is 35.5. The molecule has 1 N–H and O–H groups in total. The molecule has 112 valence electrons. The van der Waals surface area contributed by atoms with Gasteiger partial charge in [0, 0.05) is 6.04 Å². The van der Waals surface area contributed by atoms with Crippen molar-refractivity contribution in [3.63, 3.8) is 0 Å². The second-order valence-corrected chi connectivity index (χ2v) is 6.25. The van der Waals surface area contributed by atoms with Gasteiger partial charge in [0.1, 0.15) is 0 Å². The van der Waals surface area contributed by atoms with Gasteiger partial charge < -0.3 is 5.32 Å². The molecule has 1 aromatic carbocycles. The predicted octanol–water partition coefficient (Wildman–Crippen LogP) is 5.60. The summed E-state index contributed by atoms with van der Waals surface area (Å²) in [5.74, 6) is 1.14. The lowest BCUT2D eigenvalue weighted by Crippen LogP contribution is -2.33. The second-order valence-electron chi connectivity index (χ2n) is 5.84. The Balaban J connectivity index is 2.13. The lowest BCUT2D eigenvalue weighted by molar-refractivity contribution is -0.137. The minimum atomic E-state index is -4.35. The molecular weight excluding hydrogens is 287 g/mol. The van der Waals surface area contributed by atoms with E-state index in [0.29, 0.717) is 17.5 Å². The van der Waals surface area contributed by atoms with Gasteiger partial charge in [-0.3, -0.25) is 0 Å². The molecule has 0 aromatic heterocycles. The zero-order valence-electron chi connectivity index (χ0n) is 11.6. The molecule has 3 unspecified atom stereocenters. The number of nitrogens with one attached hydrogen (secondary N) is 1. The van der Waals surface area contributed by atoms with Gasteiger partial charge in [-0.25, -0.2) is 0 Å². The Morgan fingerprint density at radius 1 is 1.20 bits per heavy atom. The van der Waals surface area contributed by atoms with Gasteiger partial charge in [0.2, 0.25) is 0 Å². The third-order valence-electron chi connectivity index (χ3n) is 4.10. The van der Waals surface area contributed by atoms with Crippen molar-refractivity contribution >= 4 is 17.3 Å². The first-order valence-electron chi connectivity index (χ1n) is 6.90. The fourth-order valence-corrected chi connectivity index (χ4v) is 2.98. The zero-order valence-corrected chi connectivity index (χ0v) is 12.4. The van der Waals surface area contributed by atoms with E-state index >= 15 is 0 Å². The van der Waals surface area contributed by atoms with Crippen LogP contribution in [0.3, 0.4) is 0 Å². The van der Waals surface area contributed by atoms with E-state index in [4.69, 9.17) is 11.6 Å². The molecule has 0 amide bonds. The summed E-state index contributed by atoms with van der Waals surface area (Å²) in [6.45, 7) is 4.37. The normalized spacial score (nSPS) is 27.4. The molecule has 0 bridgehead atoms. The molecule has 0 aliphatic heterocycles. The summed E-state index contributed by atoms with van der Waals surface area (Å²) in [5.41, 5.74) is -0.122. The van der Waals surface area contributed by atoms with Crippen molar-refractivity contribution in [1.29, 1.82) is 0 Å². The summed E-state index contributed by atoms with van der Waals surface area (Å²) in [6, 6.07) is 3.76. The first-order chi connectivity index (χ1) is 9.27. The topological polar surface area (TPSA) is 12.0 Å². The fraction of sp³-hybridized carbons (Fsp3) is 0.600. The Morgan fingerprint density at radius 3 is 2.50 bits per heavy atom. The van der Waals surface area contributed by atoms with Crippen molar-refractivity contribution in [3.05, 3.63) is 28.8 Å². The fourth-order valence-electron chi connectivity index (χ4n) is 2.74. The number of rotatable bonds is 2. The Kier molecular flexibility index (Phi) is 4.52. The third-order valence-corrected chi connectivity index (χ3v) is 4.41. The average molecular weight is 306 g/mol. The minimum Gasteiger partial charge on any atom is -0.381 e. The highest BCUT2D eigenvalue weighted by Crippen LogP contribution is 2.36. The van der Waals surface area contributed by atoms with Crippen LogP contribution in [0.25, 0.3) is 0 Å². The standard InChI is InChI=1S/C15H19ClF3N/c1-9-3-4-10(2)14(7-9)20-13-6-5-11(8-12(13)16)15(17,18)19/h5-6,8-10,14,20H,3-4,7H2,1-2H3. The highest BCUT2D eigenvalue weighted by Gasteiger charge is 2.31. The molecule has 0 saturated heterocycles. The average Bonchev–Trinajstić information content (AvgIpc) is 2.35. The quantitative estimate of drug-likeness (QED) is 0.750. The van der Waals surface area contributed by atoms with Gasteiger partial charge in [-0.05, 0) is 42.9 Å². The summed E-state index contributed by atoms with van der Waals surface area (Å²) in [5, 5.41) is 3.44. The number of alkyl halides is 3. The van der Waals surface area contributed by atoms with E-state index in [0.717, 1.165) is 25.0 Å². The summed E-state index contributed by atoms with van der Waals surface area (Å²) < 4.78 is 37.8. The van der Waals surface area contributed by atoms with Crippen LogP contribution in [0.5, 0.6) is 0 Å². The van der Waals surface area contributed by atoms with Gasteiger partial charge in [0.05, 0.1) is 16.3 Å². The molecule has 1 aliphatic carbocycles. The number of halogens is 4. The lowest BCUT2D eigenvalue weighted by atomic mass is 9.80. The molecule has 3 atom stereocenters. The Labute approximate surface area is 122 Å². The van der Waals surface area contributed by atoms with Gasteiger partial charge in [-0.1, -0.05) is 31.9 Å². The van der Waals surface area contributed by atoms with Gasteiger partial charge >= 0.3 is 6.18 Å². The maximum absolute atomic E-state index is 12.6. The number of anilines is 1. The first-order valence-corrected chi connectivity index (χ1v) is 7.28. The molecule has 1 fully saturated rings. The van der Waals surface area contributed by atoms with Crippen molar-refractivity contribution < 1.29 is 13.2 Å². The second kappa shape index (κ2) is 5.84. The van der Waals surface area contributed by atoms with Crippen LogP contribution in [-0.2, 0) is 6.18 Å². The SMILES string of the molecule is CC1CCC(C)C(Nc2ccc(C(F)(F)F)cc2Cl)C1. The molecule has 5 heteroatoms. The van der Waals surface area contributed by atoms with Gasteiger partial charge in [0.25, 0.3) is 0 Å². The van der Waals surface area contributed by atoms with Crippen LogP contribution in [-0.4, -0.2) is 6.04 Å². The predicted molar refractivity (Wildman–Crippen MR) is 76.0 cm³/mol. The van der Waals surface area contributed by atoms with Crippen LogP contribution in [0, 0.1) is 11.8 Å². The van der Waals surface area contributed by atoms with Crippen LogP contribution in [0.2, 0.25) is 5.02 Å². The monoisotopic (exact) mass is 305 g/mol. The molecule has 0 radical (unpaired) electrons. The van der Waals surface area contributed by atoms with Crippen molar-refractivity contribution in [2.75, 3.05) is 5.32 Å². The Bertz CT molecular complexity index is 473. The smallest absolute Gasteiger partial charge is 0.381 e. The number of hydrogen-bond donors (Lipinski definition) is 1. The Hall–Kier alpha value is -0.900. The van der Waals surface area contributed by atoms with Crippen molar-refractivity contribution in [2.24, 2.45) is 11.8 Å². The molecular formula is C15H19ClF3N. The van der Waals surface area contributed by atoms with Crippen LogP contribution in [0.4, 0.5) is 18.9 Å². The van der Waals surface area contributed by atoms with E-state index in [1.807, 2.05) is 0 Å². The van der Waals surface area contributed by atoms with E-state index in [-0.39, 0.29) is 11.1 Å². The van der Waals surface area contributed by atoms with Crippen molar-refractivity contribution in [2.45, 2.75) is 45.3 Å². The minimum absolute atomic E-state index is 0.130. The molecule has 0 heterocycles. The van der Waals surface area contributed by atoms with E-state index in [2.05, 4.69) is 19.2 Å². The molecule has 20 heavy (non-hydrogen) atoms. The first kappa shape index (κ1) is 15.5. The van der Waals surface area contributed by atoms with Gasteiger partial charge in [0.15, 0.2) is 0 Å². The molecule has 2 rings (SSSR count). The van der Waals surface area contributed by atoms with Crippen LogP contribution in [0.1, 0.15) is 38.7 Å². The van der Waals surface area contributed by atoms with Crippen LogP contribution in [0.15, 0.2) is 18.2 Å². The van der Waals surface area contributed by atoms with E-state index < -0.39 is 11.7 Å². The highest BCUT2D eigenvalue weighted by molar-refractivity contribution is 6.33. The summed E-state index contributed by atoms with van der Waals surface area (Å²) in [6.07, 6.45) is -0.982. The van der Waals surface area contributed by atoms with Crippen LogP contribution < -0.4 is 5.32 Å². The van der Waals surface area contributed by atoms with Gasteiger partial charge in [-0.2, -0.15) is 13.2 Å². The van der Waals surface area contributed by atoms with Crippen molar-refractivity contribution in [1.82, 2.24) is 0 Å². The molecule has 1 aliphatic rings. The maximum Gasteiger partial charge on any atom is 0.416 e. The number of benzene rings is 1. The molecule has 0 spiro atoms. The molecule has 1 saturated carbocycles.